The first-order chi connectivity index (χ1) is 11.1. The zero-order valence-corrected chi connectivity index (χ0v) is 13.2. The van der Waals surface area contributed by atoms with E-state index in [4.69, 9.17) is 11.6 Å². The molecule has 0 fully saturated rings. The van der Waals surface area contributed by atoms with Crippen molar-refractivity contribution in [2.45, 2.75) is 13.0 Å². The summed E-state index contributed by atoms with van der Waals surface area (Å²) < 4.78 is 0. The van der Waals surface area contributed by atoms with E-state index in [9.17, 15) is 15.2 Å². The third-order valence-electron chi connectivity index (χ3n) is 3.45. The minimum atomic E-state index is -0.497. The van der Waals surface area contributed by atoms with Gasteiger partial charge in [-0.05, 0) is 36.1 Å². The Morgan fingerprint density at radius 1 is 1.35 bits per heavy atom. The molecule has 7 heteroatoms. The number of hydrogen-bond donors (Lipinski definition) is 2. The van der Waals surface area contributed by atoms with Gasteiger partial charge in [0.25, 0.3) is 5.69 Å². The molecule has 122 valence electrons. The van der Waals surface area contributed by atoms with E-state index in [2.05, 4.69) is 10.3 Å². The van der Waals surface area contributed by atoms with Gasteiger partial charge < -0.3 is 10.4 Å². The number of aliphatic hydroxyl groups excluding tert-OH is 1. The average Bonchev–Trinajstić information content (AvgIpc) is 2.56. The topological polar surface area (TPSA) is 88.3 Å². The number of pyridine rings is 1. The molecule has 0 radical (unpaired) electrons. The predicted molar refractivity (Wildman–Crippen MR) is 88.3 cm³/mol. The third-order valence-corrected chi connectivity index (χ3v) is 3.77. The van der Waals surface area contributed by atoms with Crippen LogP contribution in [0.15, 0.2) is 42.6 Å². The fraction of sp³-hybridized carbons (Fsp3) is 0.312. The van der Waals surface area contributed by atoms with Crippen molar-refractivity contribution in [3.8, 4) is 0 Å². The zero-order chi connectivity index (χ0) is 16.7. The number of nitrogens with one attached hydrogen (secondary N) is 1. The lowest BCUT2D eigenvalue weighted by molar-refractivity contribution is -0.384. The first kappa shape index (κ1) is 17.3. The summed E-state index contributed by atoms with van der Waals surface area (Å²) in [6.45, 7) is 1.10. The molecule has 2 rings (SSSR count). The van der Waals surface area contributed by atoms with Crippen LogP contribution < -0.4 is 5.32 Å². The Kier molecular flexibility index (Phi) is 6.46. The van der Waals surface area contributed by atoms with Crippen LogP contribution in [0.3, 0.4) is 0 Å². The summed E-state index contributed by atoms with van der Waals surface area (Å²) in [4.78, 5) is 14.6. The summed E-state index contributed by atoms with van der Waals surface area (Å²) in [7, 11) is 0. The summed E-state index contributed by atoms with van der Waals surface area (Å²) in [6.07, 6.45) is 2.40. The van der Waals surface area contributed by atoms with Crippen molar-refractivity contribution >= 4 is 17.3 Å². The minimum Gasteiger partial charge on any atom is -0.396 e. The largest absolute Gasteiger partial charge is 0.396 e. The lowest BCUT2D eigenvalue weighted by Gasteiger charge is -2.14. The van der Waals surface area contributed by atoms with E-state index in [1.807, 2.05) is 18.2 Å². The fourth-order valence-electron chi connectivity index (χ4n) is 2.24. The van der Waals surface area contributed by atoms with Gasteiger partial charge in [-0.3, -0.25) is 15.1 Å². The third kappa shape index (κ3) is 5.28. The molecule has 2 N–H and O–H groups in total. The zero-order valence-electron chi connectivity index (χ0n) is 12.5. The number of nitro benzene ring substituents is 1. The molecule has 1 heterocycles. The molecule has 0 saturated carbocycles. The number of nitro groups is 1. The van der Waals surface area contributed by atoms with Crippen molar-refractivity contribution in [3.63, 3.8) is 0 Å². The Bertz CT molecular complexity index is 652. The lowest BCUT2D eigenvalue weighted by Crippen LogP contribution is -2.26. The maximum absolute atomic E-state index is 10.9. The van der Waals surface area contributed by atoms with Gasteiger partial charge in [0.2, 0.25) is 0 Å². The van der Waals surface area contributed by atoms with E-state index in [0.717, 1.165) is 11.3 Å². The number of hydrogen-bond acceptors (Lipinski definition) is 5. The van der Waals surface area contributed by atoms with E-state index in [0.29, 0.717) is 19.5 Å². The Labute approximate surface area is 139 Å². The molecule has 0 aliphatic carbocycles. The van der Waals surface area contributed by atoms with Crippen molar-refractivity contribution in [3.05, 3.63) is 69.0 Å². The molecule has 0 aliphatic heterocycles. The Balaban J connectivity index is 1.88. The second-order valence-corrected chi connectivity index (χ2v) is 5.65. The molecule has 1 aromatic heterocycles. The number of aliphatic hydroxyl groups is 1. The van der Waals surface area contributed by atoms with E-state index >= 15 is 0 Å². The minimum absolute atomic E-state index is 0.0344. The van der Waals surface area contributed by atoms with Crippen LogP contribution in [0.2, 0.25) is 5.02 Å². The molecule has 0 aliphatic rings. The van der Waals surface area contributed by atoms with Crippen molar-refractivity contribution in [2.75, 3.05) is 13.2 Å². The number of benzene rings is 1. The summed E-state index contributed by atoms with van der Waals surface area (Å²) in [6, 6.07) is 10.4. The summed E-state index contributed by atoms with van der Waals surface area (Å²) >= 11 is 5.79. The van der Waals surface area contributed by atoms with Gasteiger partial charge in [0, 0.05) is 37.7 Å². The van der Waals surface area contributed by atoms with Crippen molar-refractivity contribution in [1.29, 1.82) is 0 Å². The summed E-state index contributed by atoms with van der Waals surface area (Å²) in [5.74, 6) is 0.0344. The molecule has 1 atom stereocenters. The highest BCUT2D eigenvalue weighted by Crippen LogP contribution is 2.24. The van der Waals surface area contributed by atoms with Crippen LogP contribution in [0.4, 0.5) is 5.69 Å². The molecule has 1 unspecified atom stereocenters. The average molecular weight is 336 g/mol. The lowest BCUT2D eigenvalue weighted by atomic mass is 10.0. The standard InChI is InChI=1S/C16H18ClN3O3/c17-15-5-4-12(8-16(15)20(22)23)9-18-10-13(11-21)7-14-3-1-2-6-19-14/h1-6,8,13,18,21H,7,9-11H2. The molecule has 2 aromatic rings. The van der Waals surface area contributed by atoms with Crippen LogP contribution in [0.5, 0.6) is 0 Å². The molecular formula is C16H18ClN3O3. The number of aromatic nitrogens is 1. The van der Waals surface area contributed by atoms with Gasteiger partial charge >= 0.3 is 0 Å². The van der Waals surface area contributed by atoms with Crippen molar-refractivity contribution in [1.82, 2.24) is 10.3 Å². The maximum atomic E-state index is 10.9. The van der Waals surface area contributed by atoms with Crippen LogP contribution in [-0.2, 0) is 13.0 Å². The Morgan fingerprint density at radius 3 is 2.83 bits per heavy atom. The fourth-order valence-corrected chi connectivity index (χ4v) is 2.43. The van der Waals surface area contributed by atoms with E-state index in [1.165, 1.54) is 12.1 Å². The highest BCUT2D eigenvalue weighted by molar-refractivity contribution is 6.32. The number of nitrogens with zero attached hydrogens (tertiary/aromatic N) is 2. The van der Waals surface area contributed by atoms with Gasteiger partial charge in [0.1, 0.15) is 5.02 Å². The highest BCUT2D eigenvalue weighted by Gasteiger charge is 2.13. The molecule has 0 bridgehead atoms. The molecule has 23 heavy (non-hydrogen) atoms. The second-order valence-electron chi connectivity index (χ2n) is 5.25. The van der Waals surface area contributed by atoms with E-state index < -0.39 is 4.92 Å². The number of halogens is 1. The number of rotatable bonds is 8. The summed E-state index contributed by atoms with van der Waals surface area (Å²) in [5, 5.41) is 23.7. The van der Waals surface area contributed by atoms with Gasteiger partial charge in [0.15, 0.2) is 0 Å². The SMILES string of the molecule is O=[N+]([O-])c1cc(CNCC(CO)Cc2ccccn2)ccc1Cl. The van der Waals surface area contributed by atoms with Crippen LogP contribution >= 0.6 is 11.6 Å². The van der Waals surface area contributed by atoms with E-state index in [1.54, 1.807) is 12.3 Å². The Hall–Kier alpha value is -2.02. The van der Waals surface area contributed by atoms with Crippen LogP contribution in [0.1, 0.15) is 11.3 Å². The van der Waals surface area contributed by atoms with Gasteiger partial charge in [-0.1, -0.05) is 23.7 Å². The normalized spacial score (nSPS) is 12.1. The van der Waals surface area contributed by atoms with Crippen molar-refractivity contribution in [2.24, 2.45) is 5.92 Å². The predicted octanol–water partition coefficient (Wildman–Crippen LogP) is 2.58. The molecule has 1 aromatic carbocycles. The summed E-state index contributed by atoms with van der Waals surface area (Å²) in [5.41, 5.74) is 1.60. The quantitative estimate of drug-likeness (QED) is 0.572. The highest BCUT2D eigenvalue weighted by atomic mass is 35.5. The van der Waals surface area contributed by atoms with Gasteiger partial charge in [-0.2, -0.15) is 0 Å². The monoisotopic (exact) mass is 335 g/mol. The maximum Gasteiger partial charge on any atom is 0.288 e. The van der Waals surface area contributed by atoms with Crippen LogP contribution in [0.25, 0.3) is 0 Å². The second kappa shape index (κ2) is 8.57. The molecule has 0 amide bonds. The molecule has 0 saturated heterocycles. The molecule has 0 spiro atoms. The first-order valence-corrected chi connectivity index (χ1v) is 7.62. The van der Waals surface area contributed by atoms with Gasteiger partial charge in [0.05, 0.1) is 4.92 Å². The van der Waals surface area contributed by atoms with Crippen LogP contribution in [0, 0.1) is 16.0 Å². The van der Waals surface area contributed by atoms with E-state index in [-0.39, 0.29) is 23.2 Å². The Morgan fingerprint density at radius 2 is 2.17 bits per heavy atom. The van der Waals surface area contributed by atoms with Crippen LogP contribution in [-0.4, -0.2) is 28.2 Å². The van der Waals surface area contributed by atoms with Crippen molar-refractivity contribution < 1.29 is 10.0 Å². The smallest absolute Gasteiger partial charge is 0.288 e. The van der Waals surface area contributed by atoms with Gasteiger partial charge in [-0.15, -0.1) is 0 Å². The molecular weight excluding hydrogens is 318 g/mol. The molecule has 6 nitrogen and oxygen atoms in total. The first-order valence-electron chi connectivity index (χ1n) is 7.24. The van der Waals surface area contributed by atoms with Gasteiger partial charge in [-0.25, -0.2) is 0 Å².